The van der Waals surface area contributed by atoms with Crippen molar-refractivity contribution in [2.45, 2.75) is 13.0 Å². The molecule has 0 saturated carbocycles. The van der Waals surface area contributed by atoms with Crippen molar-refractivity contribution in [2.24, 2.45) is 0 Å². The number of carbonyl (C=O) groups excluding carboxylic acids is 1. The highest BCUT2D eigenvalue weighted by Crippen LogP contribution is 2.19. The number of nitrogen functional groups attached to an aromatic ring is 1. The fourth-order valence-corrected chi connectivity index (χ4v) is 1.90. The van der Waals surface area contributed by atoms with Crippen molar-refractivity contribution < 1.29 is 4.79 Å². The SMILES string of the molecule is CNC(=O)[C@H](Nc1cc(C)nc(N)n1)c1ccccc1. The normalized spacial score (nSPS) is 11.7. The molecular formula is C14H17N5O. The minimum absolute atomic E-state index is 0.147. The summed E-state index contributed by atoms with van der Waals surface area (Å²) in [4.78, 5) is 20.1. The number of aromatic nitrogens is 2. The van der Waals surface area contributed by atoms with Gasteiger partial charge < -0.3 is 16.4 Å². The molecule has 0 saturated heterocycles. The Kier molecular flexibility index (Phi) is 4.14. The van der Waals surface area contributed by atoms with Crippen LogP contribution in [0.4, 0.5) is 11.8 Å². The largest absolute Gasteiger partial charge is 0.368 e. The van der Waals surface area contributed by atoms with E-state index in [1.54, 1.807) is 13.1 Å². The highest BCUT2D eigenvalue weighted by atomic mass is 16.2. The Morgan fingerprint density at radius 3 is 2.55 bits per heavy atom. The molecule has 0 spiro atoms. The number of nitrogens with one attached hydrogen (secondary N) is 2. The summed E-state index contributed by atoms with van der Waals surface area (Å²) >= 11 is 0. The smallest absolute Gasteiger partial charge is 0.246 e. The number of anilines is 2. The van der Waals surface area contributed by atoms with E-state index in [0.717, 1.165) is 11.3 Å². The molecule has 1 aromatic carbocycles. The Hall–Kier alpha value is -2.63. The summed E-state index contributed by atoms with van der Waals surface area (Å²) in [5, 5.41) is 5.72. The molecule has 1 heterocycles. The fraction of sp³-hybridized carbons (Fsp3) is 0.214. The van der Waals surface area contributed by atoms with Gasteiger partial charge in [0.2, 0.25) is 11.9 Å². The molecule has 0 aliphatic heterocycles. The van der Waals surface area contributed by atoms with Crippen LogP contribution in [0.1, 0.15) is 17.3 Å². The molecule has 0 radical (unpaired) electrons. The molecular weight excluding hydrogens is 254 g/mol. The van der Waals surface area contributed by atoms with Crippen LogP contribution in [0.15, 0.2) is 36.4 Å². The van der Waals surface area contributed by atoms with Gasteiger partial charge in [0.25, 0.3) is 0 Å². The molecule has 1 amide bonds. The second-order valence-electron chi connectivity index (χ2n) is 4.36. The van der Waals surface area contributed by atoms with E-state index in [9.17, 15) is 4.79 Å². The number of hydrogen-bond donors (Lipinski definition) is 3. The zero-order valence-electron chi connectivity index (χ0n) is 11.4. The van der Waals surface area contributed by atoms with Crippen LogP contribution in [0.3, 0.4) is 0 Å². The molecule has 20 heavy (non-hydrogen) atoms. The van der Waals surface area contributed by atoms with E-state index in [4.69, 9.17) is 5.73 Å². The second kappa shape index (κ2) is 6.01. The first-order valence-corrected chi connectivity index (χ1v) is 6.24. The summed E-state index contributed by atoms with van der Waals surface area (Å²) in [6, 6.07) is 10.6. The predicted molar refractivity (Wildman–Crippen MR) is 78.1 cm³/mol. The number of amides is 1. The summed E-state index contributed by atoms with van der Waals surface area (Å²) in [5.74, 6) is 0.551. The Balaban J connectivity index is 2.31. The minimum atomic E-state index is -0.533. The van der Waals surface area contributed by atoms with Gasteiger partial charge in [0.1, 0.15) is 11.9 Å². The van der Waals surface area contributed by atoms with E-state index >= 15 is 0 Å². The number of aryl methyl sites for hydroxylation is 1. The van der Waals surface area contributed by atoms with E-state index in [1.165, 1.54) is 0 Å². The zero-order valence-corrected chi connectivity index (χ0v) is 11.4. The fourth-order valence-electron chi connectivity index (χ4n) is 1.90. The molecule has 2 rings (SSSR count). The van der Waals surface area contributed by atoms with E-state index in [-0.39, 0.29) is 11.9 Å². The maximum Gasteiger partial charge on any atom is 0.246 e. The Morgan fingerprint density at radius 1 is 1.25 bits per heavy atom. The highest BCUT2D eigenvalue weighted by molar-refractivity contribution is 5.85. The molecule has 0 fully saturated rings. The molecule has 0 aliphatic rings. The molecule has 104 valence electrons. The monoisotopic (exact) mass is 271 g/mol. The topological polar surface area (TPSA) is 92.9 Å². The van der Waals surface area contributed by atoms with Crippen LogP contribution in [-0.2, 0) is 4.79 Å². The van der Waals surface area contributed by atoms with Crippen LogP contribution in [0.5, 0.6) is 0 Å². The van der Waals surface area contributed by atoms with Gasteiger partial charge in [-0.25, -0.2) is 4.98 Å². The maximum atomic E-state index is 12.0. The summed E-state index contributed by atoms with van der Waals surface area (Å²) in [6.07, 6.45) is 0. The van der Waals surface area contributed by atoms with E-state index in [2.05, 4.69) is 20.6 Å². The second-order valence-corrected chi connectivity index (χ2v) is 4.36. The average molecular weight is 271 g/mol. The van der Waals surface area contributed by atoms with Gasteiger partial charge in [-0.05, 0) is 12.5 Å². The first-order chi connectivity index (χ1) is 9.60. The number of nitrogens with two attached hydrogens (primary N) is 1. The molecule has 4 N–H and O–H groups in total. The van der Waals surface area contributed by atoms with E-state index in [1.807, 2.05) is 37.3 Å². The van der Waals surface area contributed by atoms with Crippen LogP contribution < -0.4 is 16.4 Å². The molecule has 0 bridgehead atoms. The molecule has 0 aliphatic carbocycles. The Morgan fingerprint density at radius 2 is 1.95 bits per heavy atom. The Labute approximate surface area is 117 Å². The lowest BCUT2D eigenvalue weighted by atomic mass is 10.1. The van der Waals surface area contributed by atoms with Gasteiger partial charge in [0.05, 0.1) is 0 Å². The predicted octanol–water partition coefficient (Wildman–Crippen LogP) is 1.27. The van der Waals surface area contributed by atoms with Gasteiger partial charge in [-0.1, -0.05) is 30.3 Å². The van der Waals surface area contributed by atoms with Crippen molar-refractivity contribution in [3.8, 4) is 0 Å². The van der Waals surface area contributed by atoms with Gasteiger partial charge in [-0.3, -0.25) is 4.79 Å². The van der Waals surface area contributed by atoms with Crippen molar-refractivity contribution in [3.05, 3.63) is 47.7 Å². The third-order valence-electron chi connectivity index (χ3n) is 2.81. The number of hydrogen-bond acceptors (Lipinski definition) is 5. The maximum absolute atomic E-state index is 12.0. The average Bonchev–Trinajstić information content (AvgIpc) is 2.44. The van der Waals surface area contributed by atoms with Gasteiger partial charge in [-0.2, -0.15) is 4.98 Å². The number of carbonyl (C=O) groups is 1. The summed E-state index contributed by atoms with van der Waals surface area (Å²) in [7, 11) is 1.60. The first-order valence-electron chi connectivity index (χ1n) is 6.24. The molecule has 6 nitrogen and oxygen atoms in total. The van der Waals surface area contributed by atoms with Crippen LogP contribution in [0.25, 0.3) is 0 Å². The van der Waals surface area contributed by atoms with Crippen LogP contribution in [-0.4, -0.2) is 22.9 Å². The lowest BCUT2D eigenvalue weighted by Gasteiger charge is -2.18. The van der Waals surface area contributed by atoms with Crippen LogP contribution in [0, 0.1) is 6.92 Å². The van der Waals surface area contributed by atoms with Gasteiger partial charge >= 0.3 is 0 Å². The van der Waals surface area contributed by atoms with Crippen molar-refractivity contribution in [2.75, 3.05) is 18.1 Å². The standard InChI is InChI=1S/C14H17N5O/c1-9-8-11(19-14(15)17-9)18-12(13(20)16-2)10-6-4-3-5-7-10/h3-8,12H,1-2H3,(H,16,20)(H3,15,17,18,19)/t12-/m1/s1. The van der Waals surface area contributed by atoms with Crippen molar-refractivity contribution in [1.29, 1.82) is 0 Å². The van der Waals surface area contributed by atoms with Gasteiger partial charge in [-0.15, -0.1) is 0 Å². The lowest BCUT2D eigenvalue weighted by Crippen LogP contribution is -2.31. The molecule has 6 heteroatoms. The van der Waals surface area contributed by atoms with Crippen molar-refractivity contribution >= 4 is 17.7 Å². The highest BCUT2D eigenvalue weighted by Gasteiger charge is 2.19. The third kappa shape index (κ3) is 3.23. The van der Waals surface area contributed by atoms with Gasteiger partial charge in [0.15, 0.2) is 0 Å². The Bertz CT molecular complexity index is 580. The quantitative estimate of drug-likeness (QED) is 0.778. The summed E-state index contributed by atoms with van der Waals surface area (Å²) in [5.41, 5.74) is 7.21. The number of rotatable bonds is 4. The van der Waals surface area contributed by atoms with Crippen molar-refractivity contribution in [1.82, 2.24) is 15.3 Å². The van der Waals surface area contributed by atoms with Gasteiger partial charge in [0, 0.05) is 18.8 Å². The number of nitrogens with zero attached hydrogens (tertiary/aromatic N) is 2. The lowest BCUT2D eigenvalue weighted by molar-refractivity contribution is -0.121. The van der Waals surface area contributed by atoms with E-state index in [0.29, 0.717) is 5.82 Å². The molecule has 1 aromatic heterocycles. The summed E-state index contributed by atoms with van der Waals surface area (Å²) < 4.78 is 0. The van der Waals surface area contributed by atoms with Crippen LogP contribution in [0.2, 0.25) is 0 Å². The zero-order chi connectivity index (χ0) is 14.5. The molecule has 2 aromatic rings. The van der Waals surface area contributed by atoms with E-state index < -0.39 is 6.04 Å². The molecule has 0 unspecified atom stereocenters. The van der Waals surface area contributed by atoms with Crippen LogP contribution >= 0.6 is 0 Å². The number of benzene rings is 1. The van der Waals surface area contributed by atoms with Crippen molar-refractivity contribution in [3.63, 3.8) is 0 Å². The molecule has 1 atom stereocenters. The first kappa shape index (κ1) is 13.8. The minimum Gasteiger partial charge on any atom is -0.368 e. The third-order valence-corrected chi connectivity index (χ3v) is 2.81. The number of likely N-dealkylation sites (N-methyl/N-ethyl adjacent to an activating group) is 1. The summed E-state index contributed by atoms with van der Waals surface area (Å²) in [6.45, 7) is 1.82.